The average molecular weight is 293 g/mol. The number of thioether (sulfide) groups is 1. The smallest absolute Gasteiger partial charge is 0.343 e. The molecule has 1 N–H and O–H groups in total. The lowest BCUT2D eigenvalue weighted by molar-refractivity contribution is 0.318. The molecule has 108 valence electrons. The summed E-state index contributed by atoms with van der Waals surface area (Å²) in [5, 5.41) is 7.07. The lowest BCUT2D eigenvalue weighted by Gasteiger charge is -2.08. The summed E-state index contributed by atoms with van der Waals surface area (Å²) in [5.41, 5.74) is 2.24. The topological polar surface area (TPSA) is 59.9 Å². The molecule has 0 fully saturated rings. The molecule has 0 saturated carbocycles. The van der Waals surface area contributed by atoms with Crippen molar-refractivity contribution in [1.82, 2.24) is 14.8 Å². The van der Waals surface area contributed by atoms with Gasteiger partial charge in [-0.2, -0.15) is 0 Å². The first-order valence-electron chi connectivity index (χ1n) is 6.51. The Morgan fingerprint density at radius 1 is 1.30 bits per heavy atom. The van der Waals surface area contributed by atoms with Crippen LogP contribution in [0.4, 0.5) is 0 Å². The number of aromatic amines is 1. The van der Waals surface area contributed by atoms with E-state index >= 15 is 0 Å². The molecule has 0 unspecified atom stereocenters. The molecule has 1 aromatic heterocycles. The molecule has 2 rings (SSSR count). The second-order valence-electron chi connectivity index (χ2n) is 4.74. The number of hydrogen-bond donors (Lipinski definition) is 1. The summed E-state index contributed by atoms with van der Waals surface area (Å²) in [6.07, 6.45) is 0.901. The molecule has 0 spiro atoms. The zero-order chi connectivity index (χ0) is 14.5. The predicted octanol–water partition coefficient (Wildman–Crippen LogP) is 2.29. The number of aryl methyl sites for hydroxylation is 2. The zero-order valence-electron chi connectivity index (χ0n) is 12.0. The van der Waals surface area contributed by atoms with E-state index in [1.165, 1.54) is 15.7 Å². The number of ether oxygens (including phenoxy) is 1. The van der Waals surface area contributed by atoms with Crippen LogP contribution in [0, 0.1) is 13.8 Å². The Labute approximate surface area is 122 Å². The molecule has 0 atom stereocenters. The minimum atomic E-state index is -0.181. The van der Waals surface area contributed by atoms with Crippen molar-refractivity contribution >= 4 is 11.8 Å². The molecule has 0 aliphatic heterocycles. The maximum absolute atomic E-state index is 11.2. The van der Waals surface area contributed by atoms with E-state index in [0.29, 0.717) is 11.8 Å². The van der Waals surface area contributed by atoms with Gasteiger partial charge in [0, 0.05) is 12.8 Å². The predicted molar refractivity (Wildman–Crippen MR) is 80.6 cm³/mol. The number of H-pyrrole nitrogens is 1. The van der Waals surface area contributed by atoms with Gasteiger partial charge in [-0.05, 0) is 43.5 Å². The van der Waals surface area contributed by atoms with Gasteiger partial charge in [-0.3, -0.25) is 4.57 Å². The second kappa shape index (κ2) is 6.65. The van der Waals surface area contributed by atoms with Crippen molar-refractivity contribution in [3.05, 3.63) is 39.8 Å². The number of nitrogens with zero attached hydrogens (tertiary/aromatic N) is 2. The Kier molecular flexibility index (Phi) is 4.89. The summed E-state index contributed by atoms with van der Waals surface area (Å²) in [4.78, 5) is 11.2. The third-order valence-corrected chi connectivity index (χ3v) is 3.94. The van der Waals surface area contributed by atoms with Crippen molar-refractivity contribution in [2.75, 3.05) is 12.4 Å². The fraction of sp³-hybridized carbons (Fsp3) is 0.429. The molecule has 1 heterocycles. The van der Waals surface area contributed by atoms with Crippen LogP contribution in [0.5, 0.6) is 5.75 Å². The van der Waals surface area contributed by atoms with E-state index in [4.69, 9.17) is 4.74 Å². The normalized spacial score (nSPS) is 10.8. The van der Waals surface area contributed by atoms with Crippen LogP contribution in [-0.2, 0) is 7.05 Å². The van der Waals surface area contributed by atoms with Gasteiger partial charge in [0.25, 0.3) is 0 Å². The Balaban J connectivity index is 1.74. The van der Waals surface area contributed by atoms with Gasteiger partial charge in [-0.15, -0.1) is 5.10 Å². The minimum Gasteiger partial charge on any atom is -0.494 e. The number of rotatable bonds is 6. The van der Waals surface area contributed by atoms with E-state index in [1.54, 1.807) is 18.8 Å². The first-order chi connectivity index (χ1) is 9.56. The van der Waals surface area contributed by atoms with Gasteiger partial charge < -0.3 is 4.74 Å². The fourth-order valence-corrected chi connectivity index (χ4v) is 2.72. The highest BCUT2D eigenvalue weighted by molar-refractivity contribution is 7.99. The standard InChI is InChI=1S/C14H19N3O2S/c1-10-7-11(2)9-12(8-10)19-5-4-6-20-14-16-15-13(18)17(14)3/h7-9H,4-6H2,1-3H3,(H,15,18). The quantitative estimate of drug-likeness (QED) is 0.656. The van der Waals surface area contributed by atoms with Gasteiger partial charge in [0.1, 0.15) is 5.75 Å². The minimum absolute atomic E-state index is 0.181. The SMILES string of the molecule is Cc1cc(C)cc(OCCCSc2n[nH]c(=O)n2C)c1. The average Bonchev–Trinajstić information content (AvgIpc) is 2.69. The Bertz CT molecular complexity index is 613. The lowest BCUT2D eigenvalue weighted by atomic mass is 10.1. The summed E-state index contributed by atoms with van der Waals surface area (Å²) < 4.78 is 7.24. The number of aromatic nitrogens is 3. The summed E-state index contributed by atoms with van der Waals surface area (Å²) in [6.45, 7) is 4.79. The molecule has 6 heteroatoms. The van der Waals surface area contributed by atoms with E-state index in [1.807, 2.05) is 12.1 Å². The van der Waals surface area contributed by atoms with Crippen molar-refractivity contribution < 1.29 is 4.74 Å². The summed E-state index contributed by atoms with van der Waals surface area (Å²) >= 11 is 1.55. The molecular weight excluding hydrogens is 274 g/mol. The molecule has 0 bridgehead atoms. The van der Waals surface area contributed by atoms with Gasteiger partial charge in [-0.1, -0.05) is 17.8 Å². The van der Waals surface area contributed by atoms with E-state index in [0.717, 1.165) is 17.9 Å². The molecular formula is C14H19N3O2S. The van der Waals surface area contributed by atoms with Crippen molar-refractivity contribution in [3.63, 3.8) is 0 Å². The van der Waals surface area contributed by atoms with Crippen LogP contribution in [0.2, 0.25) is 0 Å². The van der Waals surface area contributed by atoms with Gasteiger partial charge in [0.15, 0.2) is 5.16 Å². The van der Waals surface area contributed by atoms with E-state index < -0.39 is 0 Å². The molecule has 2 aromatic rings. The highest BCUT2D eigenvalue weighted by Gasteiger charge is 2.04. The maximum Gasteiger partial charge on any atom is 0.343 e. The first kappa shape index (κ1) is 14.7. The molecule has 5 nitrogen and oxygen atoms in total. The van der Waals surface area contributed by atoms with Gasteiger partial charge >= 0.3 is 5.69 Å². The van der Waals surface area contributed by atoms with E-state index in [9.17, 15) is 4.79 Å². The molecule has 0 aliphatic rings. The second-order valence-corrected chi connectivity index (χ2v) is 5.81. The summed E-state index contributed by atoms with van der Waals surface area (Å²) in [7, 11) is 1.71. The van der Waals surface area contributed by atoms with Crippen molar-refractivity contribution in [3.8, 4) is 5.75 Å². The zero-order valence-corrected chi connectivity index (χ0v) is 12.8. The van der Waals surface area contributed by atoms with Gasteiger partial charge in [0.2, 0.25) is 0 Å². The first-order valence-corrected chi connectivity index (χ1v) is 7.50. The Hall–Kier alpha value is -1.69. The van der Waals surface area contributed by atoms with Crippen LogP contribution in [0.15, 0.2) is 28.2 Å². The van der Waals surface area contributed by atoms with Crippen molar-refractivity contribution in [2.24, 2.45) is 7.05 Å². The van der Waals surface area contributed by atoms with Crippen LogP contribution >= 0.6 is 11.8 Å². The Morgan fingerprint density at radius 3 is 2.60 bits per heavy atom. The van der Waals surface area contributed by atoms with Crippen molar-refractivity contribution in [1.29, 1.82) is 0 Å². The lowest BCUT2D eigenvalue weighted by Crippen LogP contribution is -2.13. The summed E-state index contributed by atoms with van der Waals surface area (Å²) in [6, 6.07) is 6.20. The number of nitrogens with one attached hydrogen (secondary N) is 1. The maximum atomic E-state index is 11.2. The van der Waals surface area contributed by atoms with Crippen molar-refractivity contribution in [2.45, 2.75) is 25.4 Å². The number of benzene rings is 1. The van der Waals surface area contributed by atoms with Crippen LogP contribution in [0.1, 0.15) is 17.5 Å². The molecule has 0 amide bonds. The van der Waals surface area contributed by atoms with Crippen LogP contribution in [0.3, 0.4) is 0 Å². The third kappa shape index (κ3) is 3.90. The fourth-order valence-electron chi connectivity index (χ4n) is 1.89. The largest absolute Gasteiger partial charge is 0.494 e. The van der Waals surface area contributed by atoms with Crippen LogP contribution in [-0.4, -0.2) is 27.1 Å². The molecule has 0 saturated heterocycles. The summed E-state index contributed by atoms with van der Waals surface area (Å²) in [5.74, 6) is 1.78. The molecule has 0 aliphatic carbocycles. The molecule has 1 aromatic carbocycles. The molecule has 0 radical (unpaired) electrons. The highest BCUT2D eigenvalue weighted by atomic mass is 32.2. The van der Waals surface area contributed by atoms with Gasteiger partial charge in [0.05, 0.1) is 6.61 Å². The molecule has 20 heavy (non-hydrogen) atoms. The van der Waals surface area contributed by atoms with Crippen LogP contribution in [0.25, 0.3) is 0 Å². The monoisotopic (exact) mass is 293 g/mol. The van der Waals surface area contributed by atoms with E-state index in [-0.39, 0.29) is 5.69 Å². The van der Waals surface area contributed by atoms with E-state index in [2.05, 4.69) is 30.1 Å². The third-order valence-electron chi connectivity index (χ3n) is 2.82. The Morgan fingerprint density at radius 2 is 2.00 bits per heavy atom. The van der Waals surface area contributed by atoms with Crippen LogP contribution < -0.4 is 10.4 Å². The van der Waals surface area contributed by atoms with Gasteiger partial charge in [-0.25, -0.2) is 9.89 Å². The number of hydrogen-bond acceptors (Lipinski definition) is 4. The highest BCUT2D eigenvalue weighted by Crippen LogP contribution is 2.17.